The molecule has 216 valence electrons. The zero-order valence-corrected chi connectivity index (χ0v) is 24.7. The highest BCUT2D eigenvalue weighted by Gasteiger charge is 2.57. The van der Waals surface area contributed by atoms with E-state index < -0.39 is 77.5 Å². The fourth-order valence-electron chi connectivity index (χ4n) is 4.30. The van der Waals surface area contributed by atoms with Crippen LogP contribution in [0.3, 0.4) is 0 Å². The molecule has 2 aliphatic heterocycles. The molecule has 3 rings (SSSR count). The molecule has 0 aliphatic carbocycles. The summed E-state index contributed by atoms with van der Waals surface area (Å²) in [7, 11) is 0. The number of hydrogen-bond acceptors (Lipinski definition) is 10. The molecule has 0 spiro atoms. The highest BCUT2D eigenvalue weighted by atomic mass is 32.2. The van der Waals surface area contributed by atoms with Crippen molar-refractivity contribution in [3.63, 3.8) is 0 Å². The number of ether oxygens (including phenoxy) is 3. The summed E-state index contributed by atoms with van der Waals surface area (Å²) in [5.41, 5.74) is -0.805. The van der Waals surface area contributed by atoms with Gasteiger partial charge in [-0.3, -0.25) is 38.8 Å². The number of hydrogen-bond donors (Lipinski definition) is 1. The number of esters is 2. The van der Waals surface area contributed by atoms with Gasteiger partial charge in [-0.2, -0.15) is 0 Å². The predicted octanol–water partition coefficient (Wildman–Crippen LogP) is 2.34. The molecule has 3 heterocycles. The van der Waals surface area contributed by atoms with E-state index in [1.54, 1.807) is 61.6 Å². The number of thioether (sulfide) groups is 1. The van der Waals surface area contributed by atoms with Crippen molar-refractivity contribution in [3.8, 4) is 0 Å². The van der Waals surface area contributed by atoms with Crippen LogP contribution in [0.4, 0.5) is 11.5 Å². The third-order valence-corrected chi connectivity index (χ3v) is 7.00. The lowest BCUT2D eigenvalue weighted by molar-refractivity contribution is -0.199. The fourth-order valence-corrected chi connectivity index (χ4v) is 4.68. The van der Waals surface area contributed by atoms with Gasteiger partial charge in [-0.15, -0.1) is 0 Å². The van der Waals surface area contributed by atoms with Gasteiger partial charge in [0.25, 0.3) is 5.56 Å². The van der Waals surface area contributed by atoms with E-state index in [0.717, 1.165) is 0 Å². The number of aromatic amines is 1. The summed E-state index contributed by atoms with van der Waals surface area (Å²) < 4.78 is 17.7. The molecule has 4 atom stereocenters. The van der Waals surface area contributed by atoms with Gasteiger partial charge in [-0.05, 0) is 6.26 Å². The van der Waals surface area contributed by atoms with E-state index in [-0.39, 0.29) is 23.3 Å². The molecule has 39 heavy (non-hydrogen) atoms. The number of aromatic nitrogens is 2. The van der Waals surface area contributed by atoms with Crippen molar-refractivity contribution in [3.05, 3.63) is 10.4 Å². The monoisotopic (exact) mass is 566 g/mol. The number of carbonyl (C=O) groups is 4. The minimum absolute atomic E-state index is 0.0244. The summed E-state index contributed by atoms with van der Waals surface area (Å²) in [6.07, 6.45) is -1.78. The Morgan fingerprint density at radius 1 is 0.897 bits per heavy atom. The van der Waals surface area contributed by atoms with E-state index in [2.05, 4.69) is 9.97 Å². The lowest BCUT2D eigenvalue weighted by Crippen LogP contribution is -2.72. The highest BCUT2D eigenvalue weighted by Crippen LogP contribution is 2.42. The molecule has 1 fully saturated rings. The van der Waals surface area contributed by atoms with Gasteiger partial charge >= 0.3 is 11.9 Å². The number of fused-ring (bicyclic) bond motifs is 2. The summed E-state index contributed by atoms with van der Waals surface area (Å²) in [6.45, 7) is 13.1. The van der Waals surface area contributed by atoms with Crippen LogP contribution in [0.1, 0.15) is 55.4 Å². The Bertz CT molecular complexity index is 1180. The van der Waals surface area contributed by atoms with Gasteiger partial charge in [0.2, 0.25) is 11.8 Å². The van der Waals surface area contributed by atoms with Crippen molar-refractivity contribution < 1.29 is 33.4 Å². The van der Waals surface area contributed by atoms with Gasteiger partial charge in [-0.25, -0.2) is 4.98 Å². The van der Waals surface area contributed by atoms with Crippen LogP contribution in [-0.4, -0.2) is 71.1 Å². The topological polar surface area (TPSA) is 148 Å². The highest BCUT2D eigenvalue weighted by molar-refractivity contribution is 7.98. The van der Waals surface area contributed by atoms with E-state index >= 15 is 0 Å². The van der Waals surface area contributed by atoms with E-state index in [1.165, 1.54) is 21.6 Å². The Labute approximate surface area is 232 Å². The molecular weight excluding hydrogens is 528 g/mol. The minimum atomic E-state index is -1.24. The lowest BCUT2D eigenvalue weighted by Gasteiger charge is -2.52. The van der Waals surface area contributed by atoms with Crippen molar-refractivity contribution >= 4 is 47.0 Å². The maximum absolute atomic E-state index is 13.8. The van der Waals surface area contributed by atoms with Crippen molar-refractivity contribution in [1.82, 2.24) is 9.97 Å². The molecule has 0 bridgehead atoms. The molecule has 13 heteroatoms. The predicted molar refractivity (Wildman–Crippen MR) is 144 cm³/mol. The van der Waals surface area contributed by atoms with Crippen LogP contribution in [0.25, 0.3) is 0 Å². The zero-order chi connectivity index (χ0) is 29.3. The molecule has 1 aromatic heterocycles. The first-order valence-electron chi connectivity index (χ1n) is 13.1. The number of H-pyrrole nitrogens is 1. The smallest absolute Gasteiger partial charge is 0.308 e. The molecular formula is C26H38N4O8S. The van der Waals surface area contributed by atoms with Crippen LogP contribution >= 0.6 is 11.8 Å². The lowest BCUT2D eigenvalue weighted by atomic mass is 9.93. The first kappa shape index (κ1) is 30.6. The molecule has 1 aromatic rings. The number of rotatable bonds is 7. The van der Waals surface area contributed by atoms with Gasteiger partial charge < -0.3 is 14.2 Å². The Hall–Kier alpha value is -2.93. The fraction of sp³-hybridized carbons (Fsp3) is 0.692. The second-order valence-electron chi connectivity index (χ2n) is 10.9. The molecule has 2 unspecified atom stereocenters. The first-order chi connectivity index (χ1) is 18.2. The number of anilines is 2. The van der Waals surface area contributed by atoms with Crippen molar-refractivity contribution in [1.29, 1.82) is 0 Å². The quantitative estimate of drug-likeness (QED) is 0.296. The van der Waals surface area contributed by atoms with Crippen LogP contribution < -0.4 is 15.4 Å². The van der Waals surface area contributed by atoms with Crippen LogP contribution in [0.15, 0.2) is 9.95 Å². The van der Waals surface area contributed by atoms with Crippen molar-refractivity contribution in [2.75, 3.05) is 22.7 Å². The van der Waals surface area contributed by atoms with E-state index in [4.69, 9.17) is 14.2 Å². The van der Waals surface area contributed by atoms with Crippen molar-refractivity contribution in [2.45, 2.75) is 85.0 Å². The molecule has 0 aromatic carbocycles. The van der Waals surface area contributed by atoms with Gasteiger partial charge in [0, 0.05) is 11.8 Å². The molecule has 0 saturated carbocycles. The SMILES string of the molecule is CSc1nc2c(c(=O)[nH]1)N(C(=O)C(C)C)C1C(OC[C@H](OC(=O)C(C)C)[C@@H]1OC(=O)C(C)C)N2C(=O)C(C)C. The first-order valence-corrected chi connectivity index (χ1v) is 14.3. The Kier molecular flexibility index (Phi) is 9.47. The van der Waals surface area contributed by atoms with Crippen molar-refractivity contribution in [2.24, 2.45) is 23.7 Å². The molecule has 0 radical (unpaired) electrons. The summed E-state index contributed by atoms with van der Waals surface area (Å²) in [5, 5.41) is 0.248. The number of nitrogens with zero attached hydrogens (tertiary/aromatic N) is 3. The largest absolute Gasteiger partial charge is 0.456 e. The maximum atomic E-state index is 13.8. The normalized spacial score (nSPS) is 22.7. The molecule has 1 saturated heterocycles. The average Bonchev–Trinajstić information content (AvgIpc) is 2.87. The number of nitrogens with one attached hydrogen (secondary N) is 1. The molecule has 2 amide bonds. The van der Waals surface area contributed by atoms with Crippen LogP contribution in [-0.2, 0) is 33.4 Å². The summed E-state index contributed by atoms with van der Waals surface area (Å²) in [5.74, 6) is -4.20. The van der Waals surface area contributed by atoms with Gasteiger partial charge in [0.15, 0.2) is 35.1 Å². The van der Waals surface area contributed by atoms with E-state index in [9.17, 15) is 24.0 Å². The number of carbonyl (C=O) groups excluding carboxylic acids is 4. The average molecular weight is 567 g/mol. The third kappa shape index (κ3) is 5.98. The summed E-state index contributed by atoms with van der Waals surface area (Å²) >= 11 is 1.17. The molecule has 1 N–H and O–H groups in total. The summed E-state index contributed by atoms with van der Waals surface area (Å²) in [4.78, 5) is 76.0. The number of amides is 2. The van der Waals surface area contributed by atoms with Gasteiger partial charge in [0.05, 0.1) is 18.4 Å². The Morgan fingerprint density at radius 3 is 1.95 bits per heavy atom. The van der Waals surface area contributed by atoms with E-state index in [0.29, 0.717) is 0 Å². The van der Waals surface area contributed by atoms with Crippen LogP contribution in [0, 0.1) is 23.7 Å². The van der Waals surface area contributed by atoms with Crippen LogP contribution in [0.5, 0.6) is 0 Å². The molecule has 12 nitrogen and oxygen atoms in total. The van der Waals surface area contributed by atoms with E-state index in [1.807, 2.05) is 0 Å². The van der Waals surface area contributed by atoms with Gasteiger partial charge in [0.1, 0.15) is 6.04 Å². The molecule has 2 aliphatic rings. The van der Waals surface area contributed by atoms with Crippen LogP contribution in [0.2, 0.25) is 0 Å². The Morgan fingerprint density at radius 2 is 1.44 bits per heavy atom. The second-order valence-corrected chi connectivity index (χ2v) is 11.7. The third-order valence-electron chi connectivity index (χ3n) is 6.42. The maximum Gasteiger partial charge on any atom is 0.308 e. The second kappa shape index (κ2) is 12.1. The standard InChI is InChI=1S/C26H38N4O8S/c1-11(2)21(32)29-16-18(38-25(35)14(7)8)15(37-24(34)13(5)6)10-36-23(16)30(22(33)12(3)4)19-17(29)20(31)28-26(27-19)39-9/h11-16,18,23H,10H2,1-9H3,(H,27,28,31)/t15-,16?,18-,23?/m0/s1. The van der Waals surface area contributed by atoms with Gasteiger partial charge in [-0.1, -0.05) is 67.2 Å². The minimum Gasteiger partial charge on any atom is -0.456 e. The zero-order valence-electron chi connectivity index (χ0n) is 23.8. The summed E-state index contributed by atoms with van der Waals surface area (Å²) in [6, 6.07) is -1.19. The Balaban J connectivity index is 2.33.